The first-order valence-corrected chi connectivity index (χ1v) is 5.39. The Kier molecular flexibility index (Phi) is 3.57. The van der Waals surface area contributed by atoms with Crippen LogP contribution < -0.4 is 5.32 Å². The van der Waals surface area contributed by atoms with Gasteiger partial charge in [-0.3, -0.25) is 0 Å². The zero-order valence-corrected chi connectivity index (χ0v) is 8.82. The Hall–Kier alpha value is -0.0400. The topological polar surface area (TPSA) is 12.0 Å². The molecule has 1 aliphatic heterocycles. The van der Waals surface area contributed by atoms with E-state index in [4.69, 9.17) is 0 Å². The molecule has 1 fully saturated rings. The molecule has 72 valence electrons. The van der Waals surface area contributed by atoms with Crippen molar-refractivity contribution in [1.82, 2.24) is 5.32 Å². The summed E-state index contributed by atoms with van der Waals surface area (Å²) >= 11 is 0. The summed E-state index contributed by atoms with van der Waals surface area (Å²) in [5.41, 5.74) is 0.685. The Morgan fingerprint density at radius 1 is 1.33 bits per heavy atom. The molecule has 0 bridgehead atoms. The van der Waals surface area contributed by atoms with Crippen LogP contribution in [-0.4, -0.2) is 13.1 Å². The Balaban J connectivity index is 2.29. The molecule has 0 atom stereocenters. The summed E-state index contributed by atoms with van der Waals surface area (Å²) in [6.45, 7) is 9.50. The first-order chi connectivity index (χ1) is 5.68. The molecular formula is C11H23N. The molecule has 0 aromatic rings. The van der Waals surface area contributed by atoms with Gasteiger partial charge < -0.3 is 5.32 Å². The molecule has 1 nitrogen and oxygen atoms in total. The van der Waals surface area contributed by atoms with Crippen LogP contribution in [-0.2, 0) is 0 Å². The maximum Gasteiger partial charge on any atom is 0.00203 e. The number of rotatable bonds is 5. The van der Waals surface area contributed by atoms with Gasteiger partial charge in [0.25, 0.3) is 0 Å². The average molecular weight is 169 g/mol. The summed E-state index contributed by atoms with van der Waals surface area (Å²) < 4.78 is 0. The molecule has 0 aromatic carbocycles. The molecule has 0 saturated carbocycles. The van der Waals surface area contributed by atoms with Crippen molar-refractivity contribution in [3.63, 3.8) is 0 Å². The van der Waals surface area contributed by atoms with Gasteiger partial charge in [0.2, 0.25) is 0 Å². The molecule has 1 rings (SSSR count). The maximum absolute atomic E-state index is 3.42. The number of hydrogen-bond donors (Lipinski definition) is 1. The van der Waals surface area contributed by atoms with Gasteiger partial charge in [-0.05, 0) is 24.2 Å². The van der Waals surface area contributed by atoms with Crippen molar-refractivity contribution in [3.05, 3.63) is 0 Å². The minimum atomic E-state index is 0.685. The lowest BCUT2D eigenvalue weighted by molar-refractivity contribution is 0.115. The monoisotopic (exact) mass is 169 g/mol. The van der Waals surface area contributed by atoms with Gasteiger partial charge in [0, 0.05) is 13.1 Å². The summed E-state index contributed by atoms with van der Waals surface area (Å²) in [5.74, 6) is 0.865. The zero-order chi connectivity index (χ0) is 9.03. The van der Waals surface area contributed by atoms with Gasteiger partial charge in [-0.1, -0.05) is 33.6 Å². The Morgan fingerprint density at radius 3 is 2.33 bits per heavy atom. The van der Waals surface area contributed by atoms with Crippen LogP contribution in [0.15, 0.2) is 0 Å². The summed E-state index contributed by atoms with van der Waals surface area (Å²) in [4.78, 5) is 0. The molecule has 1 saturated heterocycles. The minimum Gasteiger partial charge on any atom is -0.316 e. The second-order valence-electron chi connectivity index (χ2n) is 4.81. The van der Waals surface area contributed by atoms with E-state index in [0.717, 1.165) is 5.92 Å². The standard InChI is InChI=1S/C11H23N/c1-4-5-6-11(7-10(2)3)8-12-9-11/h10,12H,4-9H2,1-3H3. The van der Waals surface area contributed by atoms with Crippen LogP contribution in [0, 0.1) is 11.3 Å². The predicted molar refractivity (Wildman–Crippen MR) is 54.3 cm³/mol. The SMILES string of the molecule is CCCCC1(CC(C)C)CNC1. The molecule has 12 heavy (non-hydrogen) atoms. The van der Waals surface area contributed by atoms with Crippen molar-refractivity contribution < 1.29 is 0 Å². The quantitative estimate of drug-likeness (QED) is 0.667. The van der Waals surface area contributed by atoms with Crippen LogP contribution in [0.4, 0.5) is 0 Å². The van der Waals surface area contributed by atoms with Crippen LogP contribution in [0.3, 0.4) is 0 Å². The lowest BCUT2D eigenvalue weighted by Gasteiger charge is -2.44. The van der Waals surface area contributed by atoms with Crippen LogP contribution in [0.5, 0.6) is 0 Å². The Labute approximate surface area is 76.9 Å². The van der Waals surface area contributed by atoms with E-state index >= 15 is 0 Å². The van der Waals surface area contributed by atoms with E-state index in [2.05, 4.69) is 26.1 Å². The zero-order valence-electron chi connectivity index (χ0n) is 8.82. The molecule has 1 N–H and O–H groups in total. The number of unbranched alkanes of at least 4 members (excludes halogenated alkanes) is 1. The predicted octanol–water partition coefficient (Wildman–Crippen LogP) is 2.81. The largest absolute Gasteiger partial charge is 0.316 e. The van der Waals surface area contributed by atoms with Gasteiger partial charge in [-0.2, -0.15) is 0 Å². The smallest absolute Gasteiger partial charge is 0.00203 e. The van der Waals surface area contributed by atoms with Crippen LogP contribution in [0.25, 0.3) is 0 Å². The van der Waals surface area contributed by atoms with Crippen LogP contribution in [0.2, 0.25) is 0 Å². The minimum absolute atomic E-state index is 0.685. The van der Waals surface area contributed by atoms with Crippen molar-refractivity contribution in [2.75, 3.05) is 13.1 Å². The summed E-state index contributed by atoms with van der Waals surface area (Å²) in [6.07, 6.45) is 5.61. The van der Waals surface area contributed by atoms with Crippen molar-refractivity contribution in [1.29, 1.82) is 0 Å². The highest BCUT2D eigenvalue weighted by molar-refractivity contribution is 4.92. The van der Waals surface area contributed by atoms with Gasteiger partial charge in [0.05, 0.1) is 0 Å². The molecule has 1 heterocycles. The lowest BCUT2D eigenvalue weighted by atomic mass is 9.72. The van der Waals surface area contributed by atoms with E-state index < -0.39 is 0 Å². The van der Waals surface area contributed by atoms with E-state index in [-0.39, 0.29) is 0 Å². The maximum atomic E-state index is 3.42. The van der Waals surface area contributed by atoms with E-state index in [1.165, 1.54) is 38.8 Å². The van der Waals surface area contributed by atoms with Crippen LogP contribution in [0.1, 0.15) is 46.5 Å². The second-order valence-corrected chi connectivity index (χ2v) is 4.81. The first kappa shape index (κ1) is 10.0. The molecule has 1 aliphatic rings. The van der Waals surface area contributed by atoms with E-state index in [0.29, 0.717) is 5.41 Å². The second kappa shape index (κ2) is 4.27. The highest BCUT2D eigenvalue weighted by atomic mass is 15.0. The van der Waals surface area contributed by atoms with E-state index in [1.54, 1.807) is 0 Å². The first-order valence-electron chi connectivity index (χ1n) is 5.39. The summed E-state index contributed by atoms with van der Waals surface area (Å²) in [7, 11) is 0. The fraction of sp³-hybridized carbons (Fsp3) is 1.00. The molecule has 0 amide bonds. The highest BCUT2D eigenvalue weighted by Crippen LogP contribution is 2.35. The average Bonchev–Trinajstić information content (AvgIpc) is 1.94. The van der Waals surface area contributed by atoms with E-state index in [1.807, 2.05) is 0 Å². The fourth-order valence-corrected chi connectivity index (χ4v) is 2.32. The van der Waals surface area contributed by atoms with Crippen LogP contribution >= 0.6 is 0 Å². The van der Waals surface area contributed by atoms with Gasteiger partial charge in [0.15, 0.2) is 0 Å². The molecular weight excluding hydrogens is 146 g/mol. The summed E-state index contributed by atoms with van der Waals surface area (Å²) in [5, 5.41) is 3.42. The fourth-order valence-electron chi connectivity index (χ4n) is 2.32. The highest BCUT2D eigenvalue weighted by Gasteiger charge is 2.36. The number of hydrogen-bond acceptors (Lipinski definition) is 1. The molecule has 0 spiro atoms. The Morgan fingerprint density at radius 2 is 2.00 bits per heavy atom. The van der Waals surface area contributed by atoms with Gasteiger partial charge >= 0.3 is 0 Å². The van der Waals surface area contributed by atoms with Gasteiger partial charge in [-0.25, -0.2) is 0 Å². The van der Waals surface area contributed by atoms with Gasteiger partial charge in [-0.15, -0.1) is 0 Å². The Bertz CT molecular complexity index is 125. The van der Waals surface area contributed by atoms with Gasteiger partial charge in [0.1, 0.15) is 0 Å². The normalized spacial score (nSPS) is 21.0. The molecule has 0 aliphatic carbocycles. The molecule has 1 heteroatoms. The molecule has 0 unspecified atom stereocenters. The lowest BCUT2D eigenvalue weighted by Crippen LogP contribution is -2.53. The molecule has 0 aromatic heterocycles. The van der Waals surface area contributed by atoms with E-state index in [9.17, 15) is 0 Å². The van der Waals surface area contributed by atoms with Crippen molar-refractivity contribution >= 4 is 0 Å². The van der Waals surface area contributed by atoms with Crippen molar-refractivity contribution in [2.45, 2.75) is 46.5 Å². The third-order valence-corrected chi connectivity index (χ3v) is 2.90. The third-order valence-electron chi connectivity index (χ3n) is 2.90. The van der Waals surface area contributed by atoms with Crippen molar-refractivity contribution in [3.8, 4) is 0 Å². The summed E-state index contributed by atoms with van der Waals surface area (Å²) in [6, 6.07) is 0. The third kappa shape index (κ3) is 2.48. The molecule has 0 radical (unpaired) electrons. The van der Waals surface area contributed by atoms with Crippen molar-refractivity contribution in [2.24, 2.45) is 11.3 Å². The number of nitrogens with one attached hydrogen (secondary N) is 1.